The van der Waals surface area contributed by atoms with Crippen LogP contribution in [0.1, 0.15) is 0 Å². The van der Waals surface area contributed by atoms with Crippen molar-refractivity contribution >= 4 is 18.8 Å². The summed E-state index contributed by atoms with van der Waals surface area (Å²) in [6.45, 7) is 0. The Balaban J connectivity index is 3.19. The topological polar surface area (TPSA) is 44.0 Å². The molecule has 0 spiro atoms. The number of aromatic nitrogens is 2. The van der Waals surface area contributed by atoms with Crippen molar-refractivity contribution in [2.75, 3.05) is 0 Å². The van der Waals surface area contributed by atoms with Crippen LogP contribution in [0.2, 0.25) is 0 Å². The molecule has 0 aliphatic carbocycles. The van der Waals surface area contributed by atoms with Gasteiger partial charge in [-0.2, -0.15) is 0 Å². The molecule has 1 heterocycles. The molecule has 0 saturated carbocycles. The van der Waals surface area contributed by atoms with Gasteiger partial charge in [-0.1, -0.05) is 12.1 Å². The van der Waals surface area contributed by atoms with Gasteiger partial charge >= 0.3 is 0 Å². The molecule has 2 radical (unpaired) electrons. The Morgan fingerprint density at radius 1 is 1.07 bits per heavy atom. The first kappa shape index (κ1) is 8.81. The average Bonchev–Trinajstić information content (AvgIpc) is 2.23. The summed E-state index contributed by atoms with van der Waals surface area (Å²) in [6.07, 6.45) is 0. The Morgan fingerprint density at radius 3 is 2.14 bits per heavy atom. The third-order valence-corrected chi connectivity index (χ3v) is 2.21. The molecule has 1 aromatic heterocycles. The third-order valence-electron chi connectivity index (χ3n) is 2.21. The molecule has 5 heteroatoms. The maximum atomic E-state index is 11.6. The van der Waals surface area contributed by atoms with Gasteiger partial charge in [0.2, 0.25) is 0 Å². The zero-order chi connectivity index (χ0) is 10.3. The van der Waals surface area contributed by atoms with Gasteiger partial charge in [0.25, 0.3) is 19.1 Å². The zero-order valence-electron chi connectivity index (χ0n) is 7.60. The molecule has 0 aliphatic heterocycles. The van der Waals surface area contributed by atoms with Gasteiger partial charge in [0.1, 0.15) is 0 Å². The van der Waals surface area contributed by atoms with Crippen LogP contribution in [-0.2, 0) is 7.05 Å². The summed E-state index contributed by atoms with van der Waals surface area (Å²) in [4.78, 5) is 23.2. The van der Waals surface area contributed by atoms with E-state index >= 15 is 0 Å². The fraction of sp³-hybridized carbons (Fsp3) is 0.111. The molecule has 14 heavy (non-hydrogen) atoms. The Kier molecular flexibility index (Phi) is 1.80. The molecule has 0 bridgehead atoms. The highest BCUT2D eigenvalue weighted by Crippen LogP contribution is 2.02. The van der Waals surface area contributed by atoms with Crippen LogP contribution in [0.15, 0.2) is 33.9 Å². The van der Waals surface area contributed by atoms with E-state index in [1.807, 2.05) is 0 Å². The van der Waals surface area contributed by atoms with Crippen molar-refractivity contribution in [3.05, 3.63) is 45.0 Å². The number of nitrogens with zero attached hydrogens (tertiary/aromatic N) is 2. The summed E-state index contributed by atoms with van der Waals surface area (Å²) in [7, 11) is 6.87. The van der Waals surface area contributed by atoms with Crippen LogP contribution in [0.5, 0.6) is 0 Å². The van der Waals surface area contributed by atoms with Crippen LogP contribution >= 0.6 is 0 Å². The highest BCUT2D eigenvalue weighted by molar-refractivity contribution is 6.06. The summed E-state index contributed by atoms with van der Waals surface area (Å²) >= 11 is 0. The minimum Gasteiger partial charge on any atom is -0.309 e. The van der Waals surface area contributed by atoms with Crippen molar-refractivity contribution in [1.82, 2.24) is 9.27 Å². The maximum absolute atomic E-state index is 11.6. The number of rotatable bonds is 0. The number of hydrogen-bond donors (Lipinski definition) is 0. The van der Waals surface area contributed by atoms with Crippen molar-refractivity contribution in [2.24, 2.45) is 7.05 Å². The van der Waals surface area contributed by atoms with Gasteiger partial charge in [0, 0.05) is 7.05 Å². The molecule has 2 rings (SSSR count). The van der Waals surface area contributed by atoms with Gasteiger partial charge in [0.15, 0.2) is 0 Å². The quantitative estimate of drug-likeness (QED) is 0.527. The molecule has 2 aromatic rings. The smallest absolute Gasteiger partial charge is 0.271 e. The van der Waals surface area contributed by atoms with Gasteiger partial charge in [-0.25, -0.2) is 0 Å². The van der Waals surface area contributed by atoms with Crippen LogP contribution in [-0.4, -0.2) is 17.3 Å². The predicted octanol–water partition coefficient (Wildman–Crippen LogP) is -0.368. The van der Waals surface area contributed by atoms with E-state index in [4.69, 9.17) is 7.98 Å². The molecule has 0 amide bonds. The van der Waals surface area contributed by atoms with Gasteiger partial charge in [-0.05, 0) is 12.1 Å². The van der Waals surface area contributed by atoms with Gasteiger partial charge in [-0.15, -0.1) is 0 Å². The Labute approximate surface area is 80.8 Å². The van der Waals surface area contributed by atoms with Crippen LogP contribution in [0.4, 0.5) is 0 Å². The molecule has 0 saturated heterocycles. The summed E-state index contributed by atoms with van der Waals surface area (Å²) in [5.41, 5.74) is -0.648. The lowest BCUT2D eigenvalue weighted by Gasteiger charge is -2.07. The Bertz CT molecular complexity index is 558. The minimum atomic E-state index is -0.372. The highest BCUT2D eigenvalue weighted by atomic mass is 16.2. The molecule has 68 valence electrons. The molecule has 1 aromatic carbocycles. The summed E-state index contributed by atoms with van der Waals surface area (Å²) in [5.74, 6) is 0. The van der Waals surface area contributed by atoms with Crippen LogP contribution in [0.25, 0.3) is 10.8 Å². The van der Waals surface area contributed by atoms with E-state index in [1.54, 1.807) is 24.3 Å². The van der Waals surface area contributed by atoms with E-state index in [9.17, 15) is 9.59 Å². The lowest BCUT2D eigenvalue weighted by molar-refractivity contribution is 0.654. The summed E-state index contributed by atoms with van der Waals surface area (Å²) < 4.78 is 1.90. The Morgan fingerprint density at radius 2 is 1.57 bits per heavy atom. The second kappa shape index (κ2) is 2.87. The number of benzene rings is 1. The minimum absolute atomic E-state index is 0.275. The van der Waals surface area contributed by atoms with Gasteiger partial charge in [0.05, 0.1) is 10.8 Å². The monoisotopic (exact) mass is 186 g/mol. The van der Waals surface area contributed by atoms with Crippen LogP contribution < -0.4 is 11.1 Å². The van der Waals surface area contributed by atoms with Crippen LogP contribution in [0, 0.1) is 0 Å². The predicted molar refractivity (Wildman–Crippen MR) is 54.6 cm³/mol. The van der Waals surface area contributed by atoms with Gasteiger partial charge < -0.3 is 4.59 Å². The maximum Gasteiger partial charge on any atom is 0.271 e. The largest absolute Gasteiger partial charge is 0.309 e. The van der Waals surface area contributed by atoms with E-state index < -0.39 is 0 Å². The first-order valence-corrected chi connectivity index (χ1v) is 4.09. The van der Waals surface area contributed by atoms with Crippen LogP contribution in [0.3, 0.4) is 0 Å². The Hall–Kier alpha value is -1.78. The SMILES string of the molecule is [B]n1c(=O)c2ccccc2c(=O)n1C. The summed E-state index contributed by atoms with van der Waals surface area (Å²) in [6, 6.07) is 6.61. The van der Waals surface area contributed by atoms with E-state index in [-0.39, 0.29) is 11.1 Å². The molecular formula is C9H7BN2O2. The summed E-state index contributed by atoms with van der Waals surface area (Å²) in [5, 5.41) is 0.736. The van der Waals surface area contributed by atoms with Crippen molar-refractivity contribution in [3.63, 3.8) is 0 Å². The normalized spacial score (nSPS) is 10.6. The van der Waals surface area contributed by atoms with E-state index in [0.29, 0.717) is 10.8 Å². The lowest BCUT2D eigenvalue weighted by Crippen LogP contribution is -2.36. The molecular weight excluding hydrogens is 179 g/mol. The van der Waals surface area contributed by atoms with E-state index in [0.717, 1.165) is 9.27 Å². The second-order valence-corrected chi connectivity index (χ2v) is 3.02. The molecule has 0 fully saturated rings. The first-order valence-electron chi connectivity index (χ1n) is 4.09. The second-order valence-electron chi connectivity index (χ2n) is 3.02. The molecule has 0 aliphatic rings. The first-order chi connectivity index (χ1) is 6.63. The van der Waals surface area contributed by atoms with Crippen molar-refractivity contribution in [3.8, 4) is 0 Å². The highest BCUT2D eigenvalue weighted by Gasteiger charge is 2.05. The molecule has 0 N–H and O–H groups in total. The van der Waals surface area contributed by atoms with Crippen molar-refractivity contribution in [1.29, 1.82) is 0 Å². The van der Waals surface area contributed by atoms with E-state index in [1.165, 1.54) is 7.05 Å². The third kappa shape index (κ3) is 1.02. The number of fused-ring (bicyclic) bond motifs is 1. The molecule has 0 unspecified atom stereocenters. The fourth-order valence-electron chi connectivity index (χ4n) is 1.39. The standard InChI is InChI=1S/C9H7BN2O2/c1-11-8(13)6-4-2-3-5-7(6)9(14)12(11)10/h2-5H,1H3. The van der Waals surface area contributed by atoms with Gasteiger partial charge in [-0.3, -0.25) is 14.3 Å². The average molecular weight is 186 g/mol. The molecule has 0 atom stereocenters. The molecule has 4 nitrogen and oxygen atoms in total. The van der Waals surface area contributed by atoms with E-state index in [2.05, 4.69) is 0 Å². The number of hydrogen-bond acceptors (Lipinski definition) is 2. The lowest BCUT2D eigenvalue weighted by atomic mass is 10.2. The fourth-order valence-corrected chi connectivity index (χ4v) is 1.39. The van der Waals surface area contributed by atoms with Crippen molar-refractivity contribution < 1.29 is 0 Å². The zero-order valence-corrected chi connectivity index (χ0v) is 7.60. The van der Waals surface area contributed by atoms with Crippen molar-refractivity contribution in [2.45, 2.75) is 0 Å².